The smallest absolute Gasteiger partial charge is 0.307 e. The van der Waals surface area contributed by atoms with Crippen LogP contribution in [0.2, 0.25) is 0 Å². The second kappa shape index (κ2) is 8.03. The van der Waals surface area contributed by atoms with Gasteiger partial charge in [0.2, 0.25) is 0 Å². The number of rotatable bonds is 6. The zero-order chi connectivity index (χ0) is 16.7. The fraction of sp³-hybridized carbons (Fsp3) is 0.235. The van der Waals surface area contributed by atoms with E-state index in [4.69, 9.17) is 0 Å². The van der Waals surface area contributed by atoms with Crippen LogP contribution in [-0.4, -0.2) is 35.4 Å². The van der Waals surface area contributed by atoms with E-state index in [9.17, 15) is 14.0 Å². The molecule has 5 nitrogen and oxygen atoms in total. The van der Waals surface area contributed by atoms with Gasteiger partial charge in [-0.1, -0.05) is 18.2 Å². The molecule has 1 aromatic carbocycles. The minimum Gasteiger partial charge on any atom is -0.469 e. The average Bonchev–Trinajstić information content (AvgIpc) is 2.59. The van der Waals surface area contributed by atoms with Gasteiger partial charge < -0.3 is 9.64 Å². The van der Waals surface area contributed by atoms with Crippen LogP contribution in [0.4, 0.5) is 4.39 Å². The second-order valence-electron chi connectivity index (χ2n) is 4.89. The van der Waals surface area contributed by atoms with E-state index in [2.05, 4.69) is 9.72 Å². The molecule has 0 aliphatic rings. The van der Waals surface area contributed by atoms with E-state index in [0.29, 0.717) is 0 Å². The van der Waals surface area contributed by atoms with Crippen LogP contribution < -0.4 is 0 Å². The lowest BCUT2D eigenvalue weighted by molar-refractivity contribution is -0.140. The average molecular weight is 316 g/mol. The second-order valence-corrected chi connectivity index (χ2v) is 4.89. The summed E-state index contributed by atoms with van der Waals surface area (Å²) in [5.74, 6) is -1.50. The van der Waals surface area contributed by atoms with Gasteiger partial charge in [0.1, 0.15) is 5.82 Å². The third-order valence-corrected chi connectivity index (χ3v) is 3.30. The molecule has 23 heavy (non-hydrogen) atoms. The Morgan fingerprint density at radius 1 is 1.22 bits per heavy atom. The number of amides is 1. The molecule has 0 aliphatic carbocycles. The van der Waals surface area contributed by atoms with Crippen LogP contribution in [-0.2, 0) is 16.1 Å². The van der Waals surface area contributed by atoms with Crippen molar-refractivity contribution in [1.29, 1.82) is 0 Å². The van der Waals surface area contributed by atoms with Gasteiger partial charge in [-0.05, 0) is 23.8 Å². The highest BCUT2D eigenvalue weighted by Gasteiger charge is 2.20. The van der Waals surface area contributed by atoms with Crippen molar-refractivity contribution in [2.45, 2.75) is 13.0 Å². The summed E-state index contributed by atoms with van der Waals surface area (Å²) in [6.07, 6.45) is 3.29. The first-order chi connectivity index (χ1) is 11.1. The van der Waals surface area contributed by atoms with Crippen LogP contribution in [0.1, 0.15) is 22.3 Å². The van der Waals surface area contributed by atoms with Crippen LogP contribution in [0, 0.1) is 5.82 Å². The highest BCUT2D eigenvalue weighted by Crippen LogP contribution is 2.13. The molecule has 1 heterocycles. The number of carbonyl (C=O) groups excluding carboxylic acids is 2. The third-order valence-electron chi connectivity index (χ3n) is 3.30. The van der Waals surface area contributed by atoms with Crippen molar-refractivity contribution in [2.24, 2.45) is 0 Å². The Morgan fingerprint density at radius 2 is 2.00 bits per heavy atom. The fourth-order valence-electron chi connectivity index (χ4n) is 2.10. The van der Waals surface area contributed by atoms with Crippen LogP contribution >= 0.6 is 0 Å². The van der Waals surface area contributed by atoms with Crippen LogP contribution in [0.5, 0.6) is 0 Å². The summed E-state index contributed by atoms with van der Waals surface area (Å²) >= 11 is 0. The molecule has 0 fully saturated rings. The van der Waals surface area contributed by atoms with E-state index in [1.54, 1.807) is 24.5 Å². The first-order valence-corrected chi connectivity index (χ1v) is 7.11. The molecule has 1 aromatic heterocycles. The van der Waals surface area contributed by atoms with Gasteiger partial charge >= 0.3 is 5.97 Å². The van der Waals surface area contributed by atoms with Crippen LogP contribution in [0.15, 0.2) is 48.8 Å². The number of hydrogen-bond donors (Lipinski definition) is 0. The molecule has 0 atom stereocenters. The number of pyridine rings is 1. The molecule has 120 valence electrons. The van der Waals surface area contributed by atoms with Gasteiger partial charge in [0, 0.05) is 25.5 Å². The minimum atomic E-state index is -0.591. The highest BCUT2D eigenvalue weighted by atomic mass is 19.1. The first-order valence-electron chi connectivity index (χ1n) is 7.11. The maximum Gasteiger partial charge on any atom is 0.307 e. The summed E-state index contributed by atoms with van der Waals surface area (Å²) in [7, 11) is 1.28. The Morgan fingerprint density at radius 3 is 2.65 bits per heavy atom. The lowest BCUT2D eigenvalue weighted by Crippen LogP contribution is -2.33. The van der Waals surface area contributed by atoms with Crippen molar-refractivity contribution in [3.63, 3.8) is 0 Å². The predicted octanol–water partition coefficient (Wildman–Crippen LogP) is 2.43. The molecule has 0 bridgehead atoms. The predicted molar refractivity (Wildman–Crippen MR) is 82.0 cm³/mol. The number of esters is 1. The van der Waals surface area contributed by atoms with Crippen molar-refractivity contribution in [2.75, 3.05) is 13.7 Å². The molecule has 0 saturated heterocycles. The molecule has 2 rings (SSSR count). The summed E-state index contributed by atoms with van der Waals surface area (Å²) in [6, 6.07) is 9.33. The number of nitrogens with zero attached hydrogens (tertiary/aromatic N) is 2. The molecule has 6 heteroatoms. The van der Waals surface area contributed by atoms with Crippen LogP contribution in [0.25, 0.3) is 0 Å². The molecule has 0 N–H and O–H groups in total. The monoisotopic (exact) mass is 316 g/mol. The number of carbonyl (C=O) groups is 2. The molecule has 0 aliphatic heterocycles. The summed E-state index contributed by atoms with van der Waals surface area (Å²) in [5, 5.41) is 0. The third kappa shape index (κ3) is 4.60. The van der Waals surface area contributed by atoms with E-state index >= 15 is 0 Å². The lowest BCUT2D eigenvalue weighted by Gasteiger charge is -2.22. The number of halogens is 1. The molecule has 0 saturated carbocycles. The van der Waals surface area contributed by atoms with Gasteiger partial charge in [0.15, 0.2) is 0 Å². The number of aromatic nitrogens is 1. The Balaban J connectivity index is 2.20. The van der Waals surface area contributed by atoms with Crippen molar-refractivity contribution in [3.8, 4) is 0 Å². The van der Waals surface area contributed by atoms with Crippen molar-refractivity contribution in [1.82, 2.24) is 9.88 Å². The standard InChI is InChI=1S/C17H17FN2O3/c1-23-16(21)8-10-20(12-13-5-4-9-19-11-13)17(22)14-6-2-3-7-15(14)18/h2-7,9,11H,8,10,12H2,1H3. The van der Waals surface area contributed by atoms with Crippen molar-refractivity contribution in [3.05, 3.63) is 65.7 Å². The Bertz CT molecular complexity index is 677. The van der Waals surface area contributed by atoms with E-state index < -0.39 is 17.7 Å². The normalized spacial score (nSPS) is 10.2. The highest BCUT2D eigenvalue weighted by molar-refractivity contribution is 5.94. The summed E-state index contributed by atoms with van der Waals surface area (Å²) in [4.78, 5) is 29.3. The van der Waals surface area contributed by atoms with E-state index in [1.165, 1.54) is 30.2 Å². The van der Waals surface area contributed by atoms with E-state index in [1.807, 2.05) is 6.07 Å². The number of hydrogen-bond acceptors (Lipinski definition) is 4. The van der Waals surface area contributed by atoms with Gasteiger partial charge in [-0.25, -0.2) is 4.39 Å². The SMILES string of the molecule is COC(=O)CCN(Cc1cccnc1)C(=O)c1ccccc1F. The fourth-order valence-corrected chi connectivity index (χ4v) is 2.10. The Kier molecular flexibility index (Phi) is 5.80. The molecule has 0 radical (unpaired) electrons. The molecule has 1 amide bonds. The quantitative estimate of drug-likeness (QED) is 0.768. The lowest BCUT2D eigenvalue weighted by atomic mass is 10.1. The number of ether oxygens (including phenoxy) is 1. The molecule has 0 unspecified atom stereocenters. The van der Waals surface area contributed by atoms with E-state index in [0.717, 1.165) is 5.56 Å². The van der Waals surface area contributed by atoms with Gasteiger partial charge in [-0.15, -0.1) is 0 Å². The molecular weight excluding hydrogens is 299 g/mol. The minimum absolute atomic E-state index is 0.0266. The summed E-state index contributed by atoms with van der Waals surface area (Å²) in [5.41, 5.74) is 0.767. The summed E-state index contributed by atoms with van der Waals surface area (Å²) in [6.45, 7) is 0.368. The Hall–Kier alpha value is -2.76. The molecular formula is C17H17FN2O3. The maximum absolute atomic E-state index is 13.9. The maximum atomic E-state index is 13.9. The zero-order valence-corrected chi connectivity index (χ0v) is 12.7. The van der Waals surface area contributed by atoms with Gasteiger partial charge in [-0.2, -0.15) is 0 Å². The van der Waals surface area contributed by atoms with Crippen LogP contribution in [0.3, 0.4) is 0 Å². The van der Waals surface area contributed by atoms with Gasteiger partial charge in [0.05, 0.1) is 19.1 Å². The van der Waals surface area contributed by atoms with Crippen molar-refractivity contribution < 1.29 is 18.7 Å². The number of methoxy groups -OCH3 is 1. The Labute approximate surface area is 133 Å². The van der Waals surface area contributed by atoms with E-state index in [-0.39, 0.29) is 25.1 Å². The van der Waals surface area contributed by atoms with Gasteiger partial charge in [-0.3, -0.25) is 14.6 Å². The van der Waals surface area contributed by atoms with Crippen molar-refractivity contribution >= 4 is 11.9 Å². The first kappa shape index (κ1) is 16.6. The summed E-state index contributed by atoms with van der Waals surface area (Å²) < 4.78 is 18.4. The topological polar surface area (TPSA) is 59.5 Å². The molecule has 0 spiro atoms. The van der Waals surface area contributed by atoms with Gasteiger partial charge in [0.25, 0.3) is 5.91 Å². The zero-order valence-electron chi connectivity index (χ0n) is 12.7. The largest absolute Gasteiger partial charge is 0.469 e. The number of benzene rings is 1. The molecule has 2 aromatic rings.